The van der Waals surface area contributed by atoms with Crippen molar-refractivity contribution in [1.29, 1.82) is 0 Å². The summed E-state index contributed by atoms with van der Waals surface area (Å²) in [6, 6.07) is 10.5. The molecule has 0 saturated heterocycles. The fourth-order valence-electron chi connectivity index (χ4n) is 2.79. The van der Waals surface area contributed by atoms with Crippen molar-refractivity contribution in [1.82, 2.24) is 5.43 Å². The highest BCUT2D eigenvalue weighted by Crippen LogP contribution is 2.36. The molecule has 3 rings (SSSR count). The molecule has 1 aliphatic rings. The Morgan fingerprint density at radius 2 is 2.25 bits per heavy atom. The summed E-state index contributed by atoms with van der Waals surface area (Å²) in [4.78, 5) is 2.83. The summed E-state index contributed by atoms with van der Waals surface area (Å²) in [6.07, 6.45) is 3.72. The van der Waals surface area contributed by atoms with Gasteiger partial charge in [0.05, 0.1) is 12.6 Å². The summed E-state index contributed by atoms with van der Waals surface area (Å²) in [5.74, 6) is 6.69. The average molecular weight is 288 g/mol. The fraction of sp³-hybridized carbons (Fsp3) is 0.375. The van der Waals surface area contributed by atoms with Gasteiger partial charge in [-0.15, -0.1) is 11.3 Å². The van der Waals surface area contributed by atoms with Crippen LogP contribution in [0.2, 0.25) is 0 Å². The topological polar surface area (TPSA) is 47.3 Å². The number of benzene rings is 1. The van der Waals surface area contributed by atoms with Crippen molar-refractivity contribution in [2.45, 2.75) is 32.2 Å². The zero-order valence-corrected chi connectivity index (χ0v) is 12.5. The van der Waals surface area contributed by atoms with Crippen molar-refractivity contribution in [2.75, 3.05) is 6.61 Å². The summed E-state index contributed by atoms with van der Waals surface area (Å²) in [7, 11) is 0. The minimum absolute atomic E-state index is 0.0472. The number of nitrogens with one attached hydrogen (secondary N) is 1. The third-order valence-corrected chi connectivity index (χ3v) is 5.02. The summed E-state index contributed by atoms with van der Waals surface area (Å²) >= 11 is 1.89. The molecule has 0 fully saturated rings. The van der Waals surface area contributed by atoms with Crippen molar-refractivity contribution >= 4 is 11.3 Å². The van der Waals surface area contributed by atoms with Crippen molar-refractivity contribution in [3.63, 3.8) is 0 Å². The van der Waals surface area contributed by atoms with Crippen LogP contribution >= 0.6 is 11.3 Å². The summed E-state index contributed by atoms with van der Waals surface area (Å²) in [5.41, 5.74) is 5.60. The normalized spacial score (nSPS) is 15.1. The second-order valence-electron chi connectivity index (χ2n) is 5.06. The van der Waals surface area contributed by atoms with Crippen LogP contribution in [0.1, 0.15) is 40.3 Å². The fourth-order valence-corrected chi connectivity index (χ4v) is 4.13. The van der Waals surface area contributed by atoms with E-state index in [9.17, 15) is 0 Å². The number of nitrogens with two attached hydrogens (primary N) is 1. The number of hydrazine groups is 1. The molecule has 20 heavy (non-hydrogen) atoms. The zero-order valence-electron chi connectivity index (χ0n) is 11.7. The largest absolute Gasteiger partial charge is 0.494 e. The van der Waals surface area contributed by atoms with E-state index < -0.39 is 0 Å². The molecule has 4 heteroatoms. The molecular weight excluding hydrogens is 268 g/mol. The van der Waals surface area contributed by atoms with Crippen LogP contribution in [0.25, 0.3) is 0 Å². The van der Waals surface area contributed by atoms with Gasteiger partial charge < -0.3 is 4.74 Å². The second-order valence-corrected chi connectivity index (χ2v) is 6.22. The van der Waals surface area contributed by atoms with Gasteiger partial charge in [0, 0.05) is 9.75 Å². The molecule has 0 amide bonds. The lowest BCUT2D eigenvalue weighted by Gasteiger charge is -2.16. The first-order valence-corrected chi connectivity index (χ1v) is 7.94. The molecule has 2 aromatic rings. The molecule has 106 valence electrons. The van der Waals surface area contributed by atoms with Crippen LogP contribution in [0.4, 0.5) is 0 Å². The van der Waals surface area contributed by atoms with Crippen molar-refractivity contribution in [2.24, 2.45) is 5.84 Å². The molecule has 3 nitrogen and oxygen atoms in total. The van der Waals surface area contributed by atoms with E-state index >= 15 is 0 Å². The standard InChI is InChI=1S/C16H20N2OS/c1-2-19-13-7-3-6-12(9-13)16(18-17)15-10-11-5-4-8-14(11)20-15/h3,6-7,9-10,16,18H,2,4-5,8,17H2,1H3. The summed E-state index contributed by atoms with van der Waals surface area (Å²) in [5, 5.41) is 0. The lowest BCUT2D eigenvalue weighted by molar-refractivity contribution is 0.339. The molecule has 1 aromatic heterocycles. The average Bonchev–Trinajstić information content (AvgIpc) is 3.02. The maximum Gasteiger partial charge on any atom is 0.119 e. The third kappa shape index (κ3) is 2.59. The molecule has 1 unspecified atom stereocenters. The van der Waals surface area contributed by atoms with E-state index in [0.717, 1.165) is 11.3 Å². The van der Waals surface area contributed by atoms with Gasteiger partial charge in [-0.1, -0.05) is 12.1 Å². The number of thiophene rings is 1. The van der Waals surface area contributed by atoms with Gasteiger partial charge in [-0.25, -0.2) is 5.43 Å². The quantitative estimate of drug-likeness (QED) is 0.656. The molecule has 0 radical (unpaired) electrons. The van der Waals surface area contributed by atoms with Gasteiger partial charge in [0.25, 0.3) is 0 Å². The molecule has 3 N–H and O–H groups in total. The van der Waals surface area contributed by atoms with Crippen LogP contribution < -0.4 is 16.0 Å². The predicted molar refractivity (Wildman–Crippen MR) is 83.1 cm³/mol. The second kappa shape index (κ2) is 5.95. The molecule has 1 aromatic carbocycles. The summed E-state index contributed by atoms with van der Waals surface area (Å²) in [6.45, 7) is 2.67. The van der Waals surface area contributed by atoms with Gasteiger partial charge in [0.2, 0.25) is 0 Å². The highest BCUT2D eigenvalue weighted by molar-refractivity contribution is 7.12. The maximum absolute atomic E-state index is 5.80. The highest BCUT2D eigenvalue weighted by atomic mass is 32.1. The van der Waals surface area contributed by atoms with Gasteiger partial charge in [-0.3, -0.25) is 5.84 Å². The number of rotatable bonds is 5. The van der Waals surface area contributed by atoms with Crippen LogP contribution in [0.5, 0.6) is 5.75 Å². The van der Waals surface area contributed by atoms with E-state index in [-0.39, 0.29) is 6.04 Å². The smallest absolute Gasteiger partial charge is 0.119 e. The Bertz CT molecular complexity index is 572. The molecule has 0 saturated carbocycles. The zero-order chi connectivity index (χ0) is 13.9. The Hall–Kier alpha value is -1.36. The SMILES string of the molecule is CCOc1cccc(C(NN)c2cc3c(s2)CCC3)c1. The van der Waals surface area contributed by atoms with E-state index in [4.69, 9.17) is 10.6 Å². The predicted octanol–water partition coefficient (Wildman–Crippen LogP) is 3.19. The molecule has 1 aliphatic carbocycles. The minimum Gasteiger partial charge on any atom is -0.494 e. The Morgan fingerprint density at radius 3 is 3.00 bits per heavy atom. The van der Waals surface area contributed by atoms with Crippen LogP contribution in [0.3, 0.4) is 0 Å². The van der Waals surface area contributed by atoms with Gasteiger partial charge in [-0.2, -0.15) is 0 Å². The molecule has 1 heterocycles. The number of hydrogen-bond acceptors (Lipinski definition) is 4. The minimum atomic E-state index is 0.0472. The number of fused-ring (bicyclic) bond motifs is 1. The molecule has 0 aliphatic heterocycles. The third-order valence-electron chi connectivity index (χ3n) is 3.72. The van der Waals surface area contributed by atoms with Crippen LogP contribution in [-0.4, -0.2) is 6.61 Å². The lowest BCUT2D eigenvalue weighted by atomic mass is 10.0. The van der Waals surface area contributed by atoms with Crippen LogP contribution in [0.15, 0.2) is 30.3 Å². The van der Waals surface area contributed by atoms with Crippen LogP contribution in [0, 0.1) is 0 Å². The first-order valence-electron chi connectivity index (χ1n) is 7.12. The van der Waals surface area contributed by atoms with Gasteiger partial charge in [-0.05, 0) is 55.5 Å². The van der Waals surface area contributed by atoms with E-state index in [1.807, 2.05) is 30.4 Å². The van der Waals surface area contributed by atoms with E-state index in [1.54, 1.807) is 0 Å². The first-order chi connectivity index (χ1) is 9.81. The van der Waals surface area contributed by atoms with Crippen molar-refractivity contribution < 1.29 is 4.74 Å². The first kappa shape index (κ1) is 13.6. The summed E-state index contributed by atoms with van der Waals surface area (Å²) < 4.78 is 5.57. The van der Waals surface area contributed by atoms with Crippen LogP contribution in [-0.2, 0) is 12.8 Å². The van der Waals surface area contributed by atoms with E-state index in [0.29, 0.717) is 6.61 Å². The maximum atomic E-state index is 5.80. The Morgan fingerprint density at radius 1 is 1.35 bits per heavy atom. The molecular formula is C16H20N2OS. The molecule has 1 atom stereocenters. The number of hydrogen-bond donors (Lipinski definition) is 2. The van der Waals surface area contributed by atoms with E-state index in [1.165, 1.54) is 34.6 Å². The van der Waals surface area contributed by atoms with Crippen molar-refractivity contribution in [3.8, 4) is 5.75 Å². The van der Waals surface area contributed by atoms with Gasteiger partial charge in [0.15, 0.2) is 0 Å². The Labute approximate surface area is 123 Å². The lowest BCUT2D eigenvalue weighted by Crippen LogP contribution is -2.28. The van der Waals surface area contributed by atoms with Gasteiger partial charge in [0.1, 0.15) is 5.75 Å². The highest BCUT2D eigenvalue weighted by Gasteiger charge is 2.21. The van der Waals surface area contributed by atoms with Crippen molar-refractivity contribution in [3.05, 3.63) is 51.2 Å². The monoisotopic (exact) mass is 288 g/mol. The molecule has 0 bridgehead atoms. The van der Waals surface area contributed by atoms with E-state index in [2.05, 4.69) is 23.6 Å². The number of ether oxygens (including phenoxy) is 1. The molecule has 0 spiro atoms. The Kier molecular flexibility index (Phi) is 4.05. The number of aryl methyl sites for hydroxylation is 2. The Balaban J connectivity index is 1.90. The van der Waals surface area contributed by atoms with Gasteiger partial charge >= 0.3 is 0 Å².